The van der Waals surface area contributed by atoms with Gasteiger partial charge in [-0.1, -0.05) is 23.7 Å². The van der Waals surface area contributed by atoms with Crippen LogP contribution in [0.15, 0.2) is 36.4 Å². The van der Waals surface area contributed by atoms with E-state index in [0.717, 1.165) is 0 Å². The molecule has 0 bridgehead atoms. The van der Waals surface area contributed by atoms with Crippen LogP contribution < -0.4 is 9.47 Å². The van der Waals surface area contributed by atoms with Crippen molar-refractivity contribution in [2.45, 2.75) is 12.7 Å². The fourth-order valence-corrected chi connectivity index (χ4v) is 2.12. The van der Waals surface area contributed by atoms with Crippen molar-refractivity contribution in [3.05, 3.63) is 58.9 Å². The molecule has 1 atom stereocenters. The van der Waals surface area contributed by atoms with Crippen LogP contribution in [0.5, 0.6) is 11.5 Å². The second-order valence-corrected chi connectivity index (χ2v) is 4.57. The molecule has 18 heavy (non-hydrogen) atoms. The molecule has 1 radical (unpaired) electrons. The lowest BCUT2D eigenvalue weighted by atomic mass is 10.1. The third kappa shape index (κ3) is 1.71. The Morgan fingerprint density at radius 3 is 2.83 bits per heavy atom. The summed E-state index contributed by atoms with van der Waals surface area (Å²) in [6.07, 6.45) is 0. The molecule has 0 fully saturated rings. The molecule has 1 aliphatic rings. The first-order chi connectivity index (χ1) is 8.58. The fourth-order valence-electron chi connectivity index (χ4n) is 1.96. The van der Waals surface area contributed by atoms with Crippen molar-refractivity contribution >= 4 is 11.6 Å². The minimum absolute atomic E-state index is 0.302. The van der Waals surface area contributed by atoms with Gasteiger partial charge in [0.2, 0.25) is 0 Å². The molecule has 2 aromatic carbocycles. The number of ether oxygens (including phenoxy) is 2. The van der Waals surface area contributed by atoms with E-state index in [2.05, 4.69) is 6.07 Å². The van der Waals surface area contributed by atoms with Gasteiger partial charge in [0.25, 0.3) is 5.79 Å². The molecule has 0 aromatic heterocycles. The highest BCUT2D eigenvalue weighted by Crippen LogP contribution is 2.44. The maximum absolute atomic E-state index is 13.9. The Balaban J connectivity index is 2.04. The molecule has 0 spiro atoms. The second-order valence-electron chi connectivity index (χ2n) is 4.14. The van der Waals surface area contributed by atoms with Gasteiger partial charge in [-0.15, -0.1) is 0 Å². The number of fused-ring (bicyclic) bond motifs is 1. The predicted octanol–water partition coefficient (Wildman–Crippen LogP) is 3.92. The molecule has 2 nitrogen and oxygen atoms in total. The molecule has 91 valence electrons. The molecule has 0 saturated carbocycles. The van der Waals surface area contributed by atoms with Gasteiger partial charge in [-0.3, -0.25) is 0 Å². The predicted molar refractivity (Wildman–Crippen MR) is 65.3 cm³/mol. The molecule has 1 unspecified atom stereocenters. The first-order valence-corrected chi connectivity index (χ1v) is 5.80. The average Bonchev–Trinajstić information content (AvgIpc) is 2.65. The summed E-state index contributed by atoms with van der Waals surface area (Å²) in [6.45, 7) is 1.66. The summed E-state index contributed by atoms with van der Waals surface area (Å²) in [7, 11) is 0. The Kier molecular flexibility index (Phi) is 2.45. The minimum Gasteiger partial charge on any atom is -0.444 e. The maximum atomic E-state index is 13.9. The first-order valence-electron chi connectivity index (χ1n) is 5.43. The van der Waals surface area contributed by atoms with Crippen molar-refractivity contribution in [3.63, 3.8) is 0 Å². The number of hydrogen-bond donors (Lipinski definition) is 0. The van der Waals surface area contributed by atoms with Crippen LogP contribution in [0.1, 0.15) is 12.5 Å². The fraction of sp³-hybridized carbons (Fsp3) is 0.143. The van der Waals surface area contributed by atoms with E-state index in [0.29, 0.717) is 22.1 Å². The van der Waals surface area contributed by atoms with Crippen LogP contribution in [0.4, 0.5) is 4.39 Å². The monoisotopic (exact) mass is 263 g/mol. The molecule has 2 aromatic rings. The number of benzene rings is 2. The van der Waals surface area contributed by atoms with Gasteiger partial charge >= 0.3 is 0 Å². The summed E-state index contributed by atoms with van der Waals surface area (Å²) in [4.78, 5) is 0. The normalized spacial score (nSPS) is 15.7. The van der Waals surface area contributed by atoms with Crippen LogP contribution in [0.2, 0.25) is 5.02 Å². The van der Waals surface area contributed by atoms with Gasteiger partial charge in [0.1, 0.15) is 5.82 Å². The van der Waals surface area contributed by atoms with Crippen LogP contribution >= 0.6 is 11.6 Å². The van der Waals surface area contributed by atoms with Gasteiger partial charge < -0.3 is 9.47 Å². The summed E-state index contributed by atoms with van der Waals surface area (Å²) >= 11 is 5.73. The van der Waals surface area contributed by atoms with Crippen molar-refractivity contribution < 1.29 is 13.9 Å². The van der Waals surface area contributed by atoms with Crippen molar-refractivity contribution in [2.24, 2.45) is 0 Å². The SMILES string of the molecule is CC1(c2ccc(Cl)cc2F)Oc2[c]cccc2O1. The zero-order chi connectivity index (χ0) is 12.8. The Morgan fingerprint density at radius 1 is 1.28 bits per heavy atom. The van der Waals surface area contributed by atoms with E-state index in [-0.39, 0.29) is 0 Å². The van der Waals surface area contributed by atoms with E-state index >= 15 is 0 Å². The van der Waals surface area contributed by atoms with Gasteiger partial charge in [0.15, 0.2) is 11.5 Å². The van der Waals surface area contributed by atoms with E-state index in [1.165, 1.54) is 6.07 Å². The Labute approximate surface area is 109 Å². The molecular formula is C14H9ClFO2. The molecule has 1 aliphatic heterocycles. The molecule has 4 heteroatoms. The van der Waals surface area contributed by atoms with Crippen LogP contribution in [0, 0.1) is 11.9 Å². The molecule has 0 aliphatic carbocycles. The van der Waals surface area contributed by atoms with Crippen LogP contribution in [0.3, 0.4) is 0 Å². The van der Waals surface area contributed by atoms with Crippen LogP contribution in [-0.4, -0.2) is 0 Å². The van der Waals surface area contributed by atoms with Gasteiger partial charge in [-0.05, 0) is 24.3 Å². The summed E-state index contributed by atoms with van der Waals surface area (Å²) in [5.74, 6) is -0.615. The maximum Gasteiger partial charge on any atom is 0.278 e. The molecule has 1 heterocycles. The third-order valence-electron chi connectivity index (χ3n) is 2.80. The van der Waals surface area contributed by atoms with Crippen LogP contribution in [-0.2, 0) is 5.79 Å². The third-order valence-corrected chi connectivity index (χ3v) is 3.04. The van der Waals surface area contributed by atoms with Gasteiger partial charge in [-0.25, -0.2) is 4.39 Å². The second kappa shape index (κ2) is 3.89. The highest BCUT2D eigenvalue weighted by molar-refractivity contribution is 6.30. The highest BCUT2D eigenvalue weighted by atomic mass is 35.5. The Bertz CT molecular complexity index is 587. The number of rotatable bonds is 1. The van der Waals surface area contributed by atoms with E-state index < -0.39 is 11.6 Å². The number of hydrogen-bond acceptors (Lipinski definition) is 2. The number of halogens is 2. The van der Waals surface area contributed by atoms with Crippen molar-refractivity contribution in [3.8, 4) is 11.5 Å². The summed E-state index contributed by atoms with van der Waals surface area (Å²) < 4.78 is 25.2. The molecule has 0 saturated heterocycles. The largest absolute Gasteiger partial charge is 0.444 e. The number of para-hydroxylation sites is 1. The average molecular weight is 264 g/mol. The summed E-state index contributed by atoms with van der Waals surface area (Å²) in [6, 6.07) is 12.6. The van der Waals surface area contributed by atoms with E-state index in [4.69, 9.17) is 21.1 Å². The lowest BCUT2D eigenvalue weighted by Crippen LogP contribution is -2.32. The lowest BCUT2D eigenvalue weighted by Gasteiger charge is -2.23. The standard InChI is InChI=1S/C14H9ClFO2/c1-14(10-7-6-9(15)8-11(10)16)17-12-4-2-3-5-13(12)18-14/h2-4,6-8H,1H3. The molecular weight excluding hydrogens is 255 g/mol. The van der Waals surface area contributed by atoms with E-state index in [1.54, 1.807) is 37.3 Å². The first kappa shape index (κ1) is 11.4. The smallest absolute Gasteiger partial charge is 0.278 e. The quantitative estimate of drug-likeness (QED) is 0.776. The van der Waals surface area contributed by atoms with Crippen molar-refractivity contribution in [1.82, 2.24) is 0 Å². The Morgan fingerprint density at radius 2 is 2.11 bits per heavy atom. The van der Waals surface area contributed by atoms with Gasteiger partial charge in [0, 0.05) is 18.0 Å². The topological polar surface area (TPSA) is 18.5 Å². The highest BCUT2D eigenvalue weighted by Gasteiger charge is 2.40. The van der Waals surface area contributed by atoms with Crippen molar-refractivity contribution in [2.75, 3.05) is 0 Å². The van der Waals surface area contributed by atoms with E-state index in [9.17, 15) is 4.39 Å². The minimum atomic E-state index is -1.19. The summed E-state index contributed by atoms with van der Waals surface area (Å²) in [5, 5.41) is 0.335. The zero-order valence-electron chi connectivity index (χ0n) is 9.54. The lowest BCUT2D eigenvalue weighted by molar-refractivity contribution is -0.0708. The molecule has 3 rings (SSSR count). The van der Waals surface area contributed by atoms with Gasteiger partial charge in [-0.2, -0.15) is 0 Å². The van der Waals surface area contributed by atoms with E-state index in [1.807, 2.05) is 0 Å². The van der Waals surface area contributed by atoms with Crippen molar-refractivity contribution in [1.29, 1.82) is 0 Å². The zero-order valence-corrected chi connectivity index (χ0v) is 10.3. The van der Waals surface area contributed by atoms with Crippen LogP contribution in [0.25, 0.3) is 0 Å². The molecule has 0 amide bonds. The van der Waals surface area contributed by atoms with Gasteiger partial charge in [0.05, 0.1) is 5.56 Å². The Hall–Kier alpha value is -1.74. The molecule has 0 N–H and O–H groups in total. The summed E-state index contributed by atoms with van der Waals surface area (Å²) in [5.41, 5.74) is 0.302.